The lowest BCUT2D eigenvalue weighted by Gasteiger charge is -2.34. The number of Topliss-reactive ketones (excluding diaryl/α,β-unsaturated/α-hetero) is 1. The third-order valence-electron chi connectivity index (χ3n) is 4.39. The summed E-state index contributed by atoms with van der Waals surface area (Å²) in [6.07, 6.45) is 4.39. The fourth-order valence-electron chi connectivity index (χ4n) is 2.81. The van der Waals surface area contributed by atoms with Gasteiger partial charge < -0.3 is 5.32 Å². The van der Waals surface area contributed by atoms with Crippen molar-refractivity contribution in [1.82, 2.24) is 10.3 Å². The lowest BCUT2D eigenvalue weighted by molar-refractivity contribution is -0.135. The van der Waals surface area contributed by atoms with E-state index in [4.69, 9.17) is 0 Å². The van der Waals surface area contributed by atoms with Crippen LogP contribution in [0.4, 0.5) is 0 Å². The van der Waals surface area contributed by atoms with Gasteiger partial charge in [-0.2, -0.15) is 0 Å². The number of aromatic nitrogens is 1. The van der Waals surface area contributed by atoms with Crippen molar-refractivity contribution in [3.8, 4) is 0 Å². The van der Waals surface area contributed by atoms with E-state index in [0.717, 1.165) is 12.0 Å². The molecule has 1 N–H and O–H groups in total. The van der Waals surface area contributed by atoms with Crippen molar-refractivity contribution in [3.63, 3.8) is 0 Å². The quantitative estimate of drug-likeness (QED) is 0.927. The van der Waals surface area contributed by atoms with Gasteiger partial charge in [-0.1, -0.05) is 47.6 Å². The van der Waals surface area contributed by atoms with Gasteiger partial charge in [0.1, 0.15) is 0 Å². The second-order valence-electron chi connectivity index (χ2n) is 8.66. The highest BCUT2D eigenvalue weighted by Gasteiger charge is 2.47. The Kier molecular flexibility index (Phi) is 4.65. The standard InChI is InChI=1S/C19H28N2O2/c1-18(2,3)15(16(22)19(4,5)6)21-17(23)14-10-13(14)12-8-7-9-20-11-12/h7-9,11,13-15H,10H2,1-6H3,(H,21,23)/t13-,14?,15-/m1/s1. The van der Waals surface area contributed by atoms with Crippen LogP contribution in [-0.2, 0) is 9.59 Å². The van der Waals surface area contributed by atoms with Crippen molar-refractivity contribution in [2.45, 2.75) is 59.9 Å². The van der Waals surface area contributed by atoms with Crippen molar-refractivity contribution >= 4 is 11.7 Å². The van der Waals surface area contributed by atoms with Crippen LogP contribution in [0.2, 0.25) is 0 Å². The van der Waals surface area contributed by atoms with Crippen molar-refractivity contribution in [1.29, 1.82) is 0 Å². The first-order valence-corrected chi connectivity index (χ1v) is 8.26. The number of carbonyl (C=O) groups is 2. The topological polar surface area (TPSA) is 59.1 Å². The Morgan fingerprint density at radius 1 is 1.22 bits per heavy atom. The average Bonchev–Trinajstić information content (AvgIpc) is 3.23. The van der Waals surface area contributed by atoms with E-state index in [9.17, 15) is 9.59 Å². The largest absolute Gasteiger partial charge is 0.345 e. The van der Waals surface area contributed by atoms with Gasteiger partial charge in [0, 0.05) is 23.7 Å². The zero-order valence-electron chi connectivity index (χ0n) is 15.0. The van der Waals surface area contributed by atoms with Crippen LogP contribution in [0.25, 0.3) is 0 Å². The summed E-state index contributed by atoms with van der Waals surface area (Å²) in [5.41, 5.74) is 0.318. The molecule has 1 aromatic rings. The third kappa shape index (κ3) is 4.18. The molecule has 1 heterocycles. The van der Waals surface area contributed by atoms with Gasteiger partial charge in [0.2, 0.25) is 5.91 Å². The smallest absolute Gasteiger partial charge is 0.224 e. The molecule has 1 saturated carbocycles. The summed E-state index contributed by atoms with van der Waals surface area (Å²) >= 11 is 0. The molecule has 0 saturated heterocycles. The Hall–Kier alpha value is -1.71. The lowest BCUT2D eigenvalue weighted by atomic mass is 9.75. The van der Waals surface area contributed by atoms with Gasteiger partial charge in [-0.3, -0.25) is 14.6 Å². The van der Waals surface area contributed by atoms with Crippen molar-refractivity contribution in [3.05, 3.63) is 30.1 Å². The summed E-state index contributed by atoms with van der Waals surface area (Å²) in [6, 6.07) is 3.43. The average molecular weight is 316 g/mol. The van der Waals surface area contributed by atoms with E-state index in [1.807, 2.05) is 59.9 Å². The highest BCUT2D eigenvalue weighted by molar-refractivity contribution is 5.94. The molecule has 2 rings (SSSR count). The second-order valence-corrected chi connectivity index (χ2v) is 8.66. The first kappa shape index (κ1) is 17.6. The van der Waals surface area contributed by atoms with Crippen molar-refractivity contribution < 1.29 is 9.59 Å². The van der Waals surface area contributed by atoms with Crippen LogP contribution in [0.15, 0.2) is 24.5 Å². The molecule has 23 heavy (non-hydrogen) atoms. The van der Waals surface area contributed by atoms with Crippen LogP contribution in [0, 0.1) is 16.7 Å². The van der Waals surface area contributed by atoms with Crippen LogP contribution >= 0.6 is 0 Å². The molecule has 1 unspecified atom stereocenters. The Balaban J connectivity index is 2.07. The molecule has 4 heteroatoms. The summed E-state index contributed by atoms with van der Waals surface area (Å²) in [4.78, 5) is 29.4. The molecule has 0 spiro atoms. The number of nitrogens with zero attached hydrogens (tertiary/aromatic N) is 1. The summed E-state index contributed by atoms with van der Waals surface area (Å²) in [6.45, 7) is 11.7. The normalized spacial score (nSPS) is 22.3. The molecule has 3 atom stereocenters. The van der Waals surface area contributed by atoms with Crippen LogP contribution < -0.4 is 5.32 Å². The number of hydrogen-bond donors (Lipinski definition) is 1. The number of nitrogens with one attached hydrogen (secondary N) is 1. The number of ketones is 1. The number of amides is 1. The molecule has 0 bridgehead atoms. The molecule has 1 aliphatic carbocycles. The Morgan fingerprint density at radius 3 is 2.35 bits per heavy atom. The second kappa shape index (κ2) is 6.06. The van der Waals surface area contributed by atoms with E-state index in [2.05, 4.69) is 10.3 Å². The maximum atomic E-state index is 12.7. The summed E-state index contributed by atoms with van der Waals surface area (Å²) in [5.74, 6) is 0.249. The summed E-state index contributed by atoms with van der Waals surface area (Å²) in [5, 5.41) is 3.02. The molecule has 1 amide bonds. The number of rotatable bonds is 4. The van der Waals surface area contributed by atoms with Gasteiger partial charge in [-0.15, -0.1) is 0 Å². The van der Waals surface area contributed by atoms with E-state index in [1.54, 1.807) is 6.20 Å². The molecule has 0 radical (unpaired) electrons. The number of hydrogen-bond acceptors (Lipinski definition) is 3. The molecule has 1 fully saturated rings. The zero-order valence-corrected chi connectivity index (χ0v) is 15.0. The molecule has 1 aromatic heterocycles. The van der Waals surface area contributed by atoms with Crippen LogP contribution in [0.3, 0.4) is 0 Å². The van der Waals surface area contributed by atoms with Gasteiger partial charge in [-0.05, 0) is 29.4 Å². The van der Waals surface area contributed by atoms with Crippen LogP contribution in [0.5, 0.6) is 0 Å². The zero-order chi connectivity index (χ0) is 17.4. The van der Waals surface area contributed by atoms with E-state index in [0.29, 0.717) is 0 Å². The van der Waals surface area contributed by atoms with E-state index >= 15 is 0 Å². The van der Waals surface area contributed by atoms with Crippen molar-refractivity contribution in [2.75, 3.05) is 0 Å². The fraction of sp³-hybridized carbons (Fsp3) is 0.632. The lowest BCUT2D eigenvalue weighted by Crippen LogP contribution is -2.53. The molecule has 4 nitrogen and oxygen atoms in total. The van der Waals surface area contributed by atoms with Gasteiger partial charge in [0.15, 0.2) is 5.78 Å². The fourth-order valence-corrected chi connectivity index (χ4v) is 2.81. The minimum Gasteiger partial charge on any atom is -0.345 e. The highest BCUT2D eigenvalue weighted by Crippen LogP contribution is 2.47. The van der Waals surface area contributed by atoms with E-state index in [-0.39, 0.29) is 28.9 Å². The first-order chi connectivity index (χ1) is 10.5. The van der Waals surface area contributed by atoms with Crippen LogP contribution in [-0.4, -0.2) is 22.7 Å². The van der Waals surface area contributed by atoms with E-state index < -0.39 is 11.5 Å². The molecular weight excluding hydrogens is 288 g/mol. The Labute approximate surface area is 139 Å². The van der Waals surface area contributed by atoms with Gasteiger partial charge in [-0.25, -0.2) is 0 Å². The maximum absolute atomic E-state index is 12.7. The Bertz CT molecular complexity index is 582. The molecule has 1 aliphatic rings. The minimum atomic E-state index is -0.475. The van der Waals surface area contributed by atoms with Gasteiger partial charge in [0.25, 0.3) is 0 Å². The number of carbonyl (C=O) groups excluding carboxylic acids is 2. The summed E-state index contributed by atoms with van der Waals surface area (Å²) in [7, 11) is 0. The maximum Gasteiger partial charge on any atom is 0.224 e. The SMILES string of the molecule is CC(C)(C)C(=O)[C@@H](NC(=O)C1C[C@@H]1c1cccnc1)C(C)(C)C. The van der Waals surface area contributed by atoms with E-state index in [1.165, 1.54) is 0 Å². The monoisotopic (exact) mass is 316 g/mol. The highest BCUT2D eigenvalue weighted by atomic mass is 16.2. The molecule has 0 aromatic carbocycles. The predicted molar refractivity (Wildman–Crippen MR) is 90.9 cm³/mol. The molecular formula is C19H28N2O2. The number of pyridine rings is 1. The van der Waals surface area contributed by atoms with Gasteiger partial charge in [0.05, 0.1) is 6.04 Å². The van der Waals surface area contributed by atoms with Crippen molar-refractivity contribution in [2.24, 2.45) is 16.7 Å². The van der Waals surface area contributed by atoms with Crippen LogP contribution in [0.1, 0.15) is 59.4 Å². The first-order valence-electron chi connectivity index (χ1n) is 8.26. The summed E-state index contributed by atoms with van der Waals surface area (Å²) < 4.78 is 0. The molecule has 0 aliphatic heterocycles. The Morgan fingerprint density at radius 2 is 1.87 bits per heavy atom. The minimum absolute atomic E-state index is 0.0172. The van der Waals surface area contributed by atoms with Gasteiger partial charge >= 0.3 is 0 Å². The molecule has 126 valence electrons. The third-order valence-corrected chi connectivity index (χ3v) is 4.39. The predicted octanol–water partition coefficient (Wildman–Crippen LogP) is 3.33.